The van der Waals surface area contributed by atoms with E-state index in [0.29, 0.717) is 28.2 Å². The van der Waals surface area contributed by atoms with Gasteiger partial charge in [-0.2, -0.15) is 13.2 Å². The second kappa shape index (κ2) is 9.84. The number of carbonyl (C=O) groups excluding carboxylic acids is 2. The van der Waals surface area contributed by atoms with Gasteiger partial charge >= 0.3 is 6.18 Å². The number of hydrogen-bond acceptors (Lipinski definition) is 3. The fraction of sp³-hybridized carbons (Fsp3) is 0.115. The van der Waals surface area contributed by atoms with Gasteiger partial charge in [-0.15, -0.1) is 0 Å². The number of anilines is 1. The summed E-state index contributed by atoms with van der Waals surface area (Å²) in [6, 6.07) is 18.2. The summed E-state index contributed by atoms with van der Waals surface area (Å²) in [4.78, 5) is 29.8. The Hall–Kier alpha value is -4.40. The summed E-state index contributed by atoms with van der Waals surface area (Å²) in [6.07, 6.45) is -1.20. The van der Waals surface area contributed by atoms with Crippen LogP contribution < -0.4 is 10.6 Å². The van der Waals surface area contributed by atoms with Crippen LogP contribution in [0.15, 0.2) is 85.2 Å². The van der Waals surface area contributed by atoms with Crippen molar-refractivity contribution >= 4 is 17.5 Å². The normalized spacial score (nSPS) is 11.2. The summed E-state index contributed by atoms with van der Waals surface area (Å²) in [5.41, 5.74) is 1.95. The van der Waals surface area contributed by atoms with E-state index >= 15 is 0 Å². The molecule has 4 rings (SSSR count). The topological polar surface area (TPSA) is 76.0 Å². The first-order valence-electron chi connectivity index (χ1n) is 10.6. The number of aryl methyl sites for hydroxylation is 1. The molecule has 178 valence electrons. The van der Waals surface area contributed by atoms with Crippen LogP contribution in [0.1, 0.15) is 32.1 Å². The molecule has 2 aromatic heterocycles. The van der Waals surface area contributed by atoms with E-state index in [2.05, 4.69) is 15.6 Å². The minimum atomic E-state index is -4.44. The van der Waals surface area contributed by atoms with Crippen molar-refractivity contribution in [1.29, 1.82) is 0 Å². The summed E-state index contributed by atoms with van der Waals surface area (Å²) in [5, 5.41) is 5.55. The quantitative estimate of drug-likeness (QED) is 0.396. The lowest BCUT2D eigenvalue weighted by Crippen LogP contribution is -2.25. The lowest BCUT2D eigenvalue weighted by molar-refractivity contribution is -0.137. The van der Waals surface area contributed by atoms with Crippen molar-refractivity contribution in [3.8, 4) is 11.1 Å². The number of hydrogen-bond donors (Lipinski definition) is 2. The summed E-state index contributed by atoms with van der Waals surface area (Å²) in [5.74, 6) is -0.782. The minimum absolute atomic E-state index is 0.257. The number of alkyl halides is 3. The Morgan fingerprint density at radius 1 is 0.943 bits per heavy atom. The summed E-state index contributed by atoms with van der Waals surface area (Å²) in [7, 11) is 1.68. The van der Waals surface area contributed by atoms with Crippen LogP contribution in [0.2, 0.25) is 0 Å². The molecule has 9 heteroatoms. The Morgan fingerprint density at radius 2 is 1.66 bits per heavy atom. The Labute approximate surface area is 199 Å². The molecule has 0 spiro atoms. The predicted octanol–water partition coefficient (Wildman–Crippen LogP) is 5.29. The predicted molar refractivity (Wildman–Crippen MR) is 126 cm³/mol. The highest BCUT2D eigenvalue weighted by atomic mass is 19.4. The Kier molecular flexibility index (Phi) is 6.68. The molecule has 0 aliphatic rings. The van der Waals surface area contributed by atoms with Crippen LogP contribution in [0.5, 0.6) is 0 Å². The lowest BCUT2D eigenvalue weighted by Gasteiger charge is -2.11. The van der Waals surface area contributed by atoms with Gasteiger partial charge in [0.25, 0.3) is 11.8 Å². The maximum absolute atomic E-state index is 13.0. The average Bonchev–Trinajstić information content (AvgIpc) is 3.22. The maximum atomic E-state index is 13.0. The van der Waals surface area contributed by atoms with Gasteiger partial charge in [0.05, 0.1) is 23.5 Å². The SMILES string of the molecule is Cn1cc(NC(=O)c2ccccc2-c2ccc(C(F)(F)F)cc2)cc1C(=O)NCc1ccccn1. The Balaban J connectivity index is 1.49. The van der Waals surface area contributed by atoms with Crippen LogP contribution in [0.4, 0.5) is 18.9 Å². The van der Waals surface area contributed by atoms with E-state index in [1.807, 2.05) is 6.07 Å². The molecule has 0 radical (unpaired) electrons. The zero-order chi connectivity index (χ0) is 25.0. The van der Waals surface area contributed by atoms with Crippen molar-refractivity contribution < 1.29 is 22.8 Å². The standard InChI is InChI=1S/C26H21F3N4O2/c1-33-16-20(14-23(33)25(35)31-15-19-6-4-5-13-30-19)32-24(34)22-8-3-2-7-21(22)17-9-11-18(12-10-17)26(27,28)29/h2-14,16H,15H2,1H3,(H,31,35)(H,32,34). The van der Waals surface area contributed by atoms with E-state index in [-0.39, 0.29) is 18.0 Å². The zero-order valence-corrected chi connectivity index (χ0v) is 18.6. The third kappa shape index (κ3) is 5.57. The van der Waals surface area contributed by atoms with Crippen molar-refractivity contribution in [2.45, 2.75) is 12.7 Å². The molecule has 2 N–H and O–H groups in total. The van der Waals surface area contributed by atoms with E-state index in [0.717, 1.165) is 12.1 Å². The molecule has 2 amide bonds. The molecule has 0 saturated heterocycles. The molecule has 0 atom stereocenters. The third-order valence-electron chi connectivity index (χ3n) is 5.35. The first-order chi connectivity index (χ1) is 16.7. The lowest BCUT2D eigenvalue weighted by atomic mass is 9.98. The number of nitrogens with zero attached hydrogens (tertiary/aromatic N) is 2. The van der Waals surface area contributed by atoms with E-state index in [1.54, 1.807) is 66.5 Å². The number of aromatic nitrogens is 2. The van der Waals surface area contributed by atoms with Gasteiger partial charge in [-0.05, 0) is 47.5 Å². The highest BCUT2D eigenvalue weighted by molar-refractivity contribution is 6.09. The van der Waals surface area contributed by atoms with Crippen LogP contribution in [0.25, 0.3) is 11.1 Å². The smallest absolute Gasteiger partial charge is 0.345 e. The molecular weight excluding hydrogens is 457 g/mol. The van der Waals surface area contributed by atoms with E-state index in [4.69, 9.17) is 0 Å². The third-order valence-corrected chi connectivity index (χ3v) is 5.35. The molecule has 0 aliphatic heterocycles. The number of pyridine rings is 1. The van der Waals surface area contributed by atoms with E-state index < -0.39 is 17.6 Å². The van der Waals surface area contributed by atoms with Gasteiger partial charge in [0.15, 0.2) is 0 Å². The van der Waals surface area contributed by atoms with Gasteiger partial charge in [0, 0.05) is 25.0 Å². The summed E-state index contributed by atoms with van der Waals surface area (Å²) >= 11 is 0. The van der Waals surface area contributed by atoms with Crippen molar-refractivity contribution in [1.82, 2.24) is 14.9 Å². The van der Waals surface area contributed by atoms with Gasteiger partial charge in [-0.25, -0.2) is 0 Å². The van der Waals surface area contributed by atoms with Crippen molar-refractivity contribution in [2.75, 3.05) is 5.32 Å². The molecule has 0 fully saturated rings. The largest absolute Gasteiger partial charge is 0.416 e. The molecular formula is C26H21F3N4O2. The van der Waals surface area contributed by atoms with Gasteiger partial charge in [-0.3, -0.25) is 14.6 Å². The maximum Gasteiger partial charge on any atom is 0.416 e. The fourth-order valence-electron chi connectivity index (χ4n) is 3.59. The van der Waals surface area contributed by atoms with Crippen molar-refractivity contribution in [3.63, 3.8) is 0 Å². The molecule has 0 aliphatic carbocycles. The van der Waals surface area contributed by atoms with E-state index in [9.17, 15) is 22.8 Å². The molecule has 0 saturated carbocycles. The number of halogens is 3. The number of rotatable bonds is 6. The van der Waals surface area contributed by atoms with Crippen LogP contribution in [-0.4, -0.2) is 21.4 Å². The van der Waals surface area contributed by atoms with Gasteiger partial charge in [0.2, 0.25) is 0 Å². The van der Waals surface area contributed by atoms with Gasteiger partial charge < -0.3 is 15.2 Å². The molecule has 6 nitrogen and oxygen atoms in total. The Morgan fingerprint density at radius 3 is 2.34 bits per heavy atom. The molecule has 0 bridgehead atoms. The Bertz CT molecular complexity index is 1350. The van der Waals surface area contributed by atoms with Crippen LogP contribution >= 0.6 is 0 Å². The number of nitrogens with one attached hydrogen (secondary N) is 2. The first kappa shape index (κ1) is 23.7. The van der Waals surface area contributed by atoms with Crippen molar-refractivity contribution in [3.05, 3.63) is 108 Å². The minimum Gasteiger partial charge on any atom is -0.345 e. The van der Waals surface area contributed by atoms with E-state index in [1.165, 1.54) is 12.1 Å². The number of carbonyl (C=O) groups is 2. The molecule has 2 heterocycles. The second-order valence-electron chi connectivity index (χ2n) is 7.80. The number of amides is 2. The molecule has 0 unspecified atom stereocenters. The average molecular weight is 478 g/mol. The first-order valence-corrected chi connectivity index (χ1v) is 10.6. The van der Waals surface area contributed by atoms with Gasteiger partial charge in [0.1, 0.15) is 5.69 Å². The summed E-state index contributed by atoms with van der Waals surface area (Å²) in [6.45, 7) is 0.257. The fourth-order valence-corrected chi connectivity index (χ4v) is 3.59. The number of benzene rings is 2. The monoisotopic (exact) mass is 478 g/mol. The van der Waals surface area contributed by atoms with Crippen LogP contribution in [0.3, 0.4) is 0 Å². The van der Waals surface area contributed by atoms with Crippen LogP contribution in [-0.2, 0) is 19.8 Å². The highest BCUT2D eigenvalue weighted by Crippen LogP contribution is 2.32. The van der Waals surface area contributed by atoms with Crippen molar-refractivity contribution in [2.24, 2.45) is 7.05 Å². The second-order valence-corrected chi connectivity index (χ2v) is 7.80. The molecule has 2 aromatic carbocycles. The van der Waals surface area contributed by atoms with Gasteiger partial charge in [-0.1, -0.05) is 36.4 Å². The summed E-state index contributed by atoms with van der Waals surface area (Å²) < 4.78 is 40.3. The zero-order valence-electron chi connectivity index (χ0n) is 18.6. The molecule has 4 aromatic rings. The van der Waals surface area contributed by atoms with Crippen LogP contribution in [0, 0.1) is 0 Å². The highest BCUT2D eigenvalue weighted by Gasteiger charge is 2.30. The molecule has 35 heavy (non-hydrogen) atoms.